The number of carbonyl (C=O) groups excluding carboxylic acids is 3. The van der Waals surface area contributed by atoms with Crippen molar-refractivity contribution in [3.63, 3.8) is 0 Å². The number of ether oxygens (including phenoxy) is 1. The maximum Gasteiger partial charge on any atom is 0.252 e. The first-order valence-electron chi connectivity index (χ1n) is 7.00. The minimum Gasteiger partial charge on any atom is -0.366 e. The Hall–Kier alpha value is -2.41. The van der Waals surface area contributed by atoms with Crippen molar-refractivity contribution < 1.29 is 19.1 Å². The fourth-order valence-electron chi connectivity index (χ4n) is 2.13. The second-order valence-electron chi connectivity index (χ2n) is 5.13. The van der Waals surface area contributed by atoms with Crippen molar-refractivity contribution >= 4 is 29.1 Å². The van der Waals surface area contributed by atoms with Crippen LogP contribution in [0.15, 0.2) is 24.3 Å². The Balaban J connectivity index is 1.89. The van der Waals surface area contributed by atoms with Gasteiger partial charge in [-0.25, -0.2) is 0 Å². The van der Waals surface area contributed by atoms with Crippen LogP contribution < -0.4 is 10.6 Å². The van der Waals surface area contributed by atoms with E-state index in [4.69, 9.17) is 4.74 Å². The fraction of sp³-hybridized carbons (Fsp3) is 0.400. The van der Waals surface area contributed by atoms with E-state index in [0.717, 1.165) is 0 Å². The van der Waals surface area contributed by atoms with Gasteiger partial charge in [-0.3, -0.25) is 14.4 Å². The highest BCUT2D eigenvalue weighted by atomic mass is 16.5. The smallest absolute Gasteiger partial charge is 0.252 e. The number of anilines is 2. The van der Waals surface area contributed by atoms with Gasteiger partial charge < -0.3 is 20.3 Å². The predicted molar refractivity (Wildman–Crippen MR) is 81.4 cm³/mol. The number of hydrogen-bond acceptors (Lipinski definition) is 4. The lowest BCUT2D eigenvalue weighted by Gasteiger charge is -2.29. The Kier molecular flexibility index (Phi) is 5.11. The van der Waals surface area contributed by atoms with E-state index in [2.05, 4.69) is 10.6 Å². The van der Waals surface area contributed by atoms with Gasteiger partial charge in [0.05, 0.1) is 13.0 Å². The van der Waals surface area contributed by atoms with Gasteiger partial charge in [0.15, 0.2) is 0 Å². The number of amides is 3. The second-order valence-corrected chi connectivity index (χ2v) is 5.13. The van der Waals surface area contributed by atoms with Crippen LogP contribution in [-0.2, 0) is 19.1 Å². The molecule has 118 valence electrons. The number of nitrogens with one attached hydrogen (secondary N) is 2. The Labute approximate surface area is 128 Å². The second kappa shape index (κ2) is 7.04. The van der Waals surface area contributed by atoms with Crippen molar-refractivity contribution in [3.8, 4) is 0 Å². The van der Waals surface area contributed by atoms with Crippen LogP contribution in [0.25, 0.3) is 0 Å². The highest BCUT2D eigenvalue weighted by molar-refractivity contribution is 5.95. The number of rotatable bonds is 4. The molecule has 2 rings (SSSR count). The van der Waals surface area contributed by atoms with E-state index in [1.807, 2.05) is 0 Å². The Morgan fingerprint density at radius 2 is 1.82 bits per heavy atom. The van der Waals surface area contributed by atoms with Crippen LogP contribution in [0.2, 0.25) is 0 Å². The molecule has 1 aromatic carbocycles. The minimum absolute atomic E-state index is 0.0172. The van der Waals surface area contributed by atoms with Gasteiger partial charge >= 0.3 is 0 Å². The van der Waals surface area contributed by atoms with Crippen molar-refractivity contribution in [1.29, 1.82) is 0 Å². The zero-order valence-corrected chi connectivity index (χ0v) is 12.6. The van der Waals surface area contributed by atoms with E-state index in [-0.39, 0.29) is 24.1 Å². The predicted octanol–water partition coefficient (Wildman–Crippen LogP) is 0.831. The molecule has 1 aliphatic rings. The van der Waals surface area contributed by atoms with Gasteiger partial charge in [-0.05, 0) is 24.3 Å². The molecule has 3 amide bonds. The summed E-state index contributed by atoms with van der Waals surface area (Å²) in [6.45, 7) is 2.40. The summed E-state index contributed by atoms with van der Waals surface area (Å²) in [6.07, 6.45) is -0.742. The summed E-state index contributed by atoms with van der Waals surface area (Å²) in [5.74, 6) is -0.628. The number of likely N-dealkylation sites (N-methyl/N-ethyl adjacent to an activating group) is 1. The van der Waals surface area contributed by atoms with Crippen molar-refractivity contribution in [2.75, 3.05) is 30.8 Å². The molecule has 2 N–H and O–H groups in total. The third-order valence-electron chi connectivity index (χ3n) is 3.26. The average Bonchev–Trinajstić information content (AvgIpc) is 2.45. The summed E-state index contributed by atoms with van der Waals surface area (Å²) in [4.78, 5) is 36.3. The first kappa shape index (κ1) is 16.0. The van der Waals surface area contributed by atoms with E-state index in [0.29, 0.717) is 24.5 Å². The molecular weight excluding hydrogens is 286 g/mol. The van der Waals surface area contributed by atoms with E-state index in [1.54, 1.807) is 36.2 Å². The number of morpholine rings is 1. The first-order valence-corrected chi connectivity index (χ1v) is 7.00. The minimum atomic E-state index is -0.725. The van der Waals surface area contributed by atoms with Gasteiger partial charge in [0.25, 0.3) is 5.91 Å². The molecule has 0 aromatic heterocycles. The Morgan fingerprint density at radius 3 is 2.41 bits per heavy atom. The normalized spacial score (nSPS) is 18.0. The largest absolute Gasteiger partial charge is 0.366 e. The van der Waals surface area contributed by atoms with E-state index in [1.165, 1.54) is 6.92 Å². The number of hydrogen-bond donors (Lipinski definition) is 2. The molecule has 0 spiro atoms. The Bertz CT molecular complexity index is 571. The van der Waals surface area contributed by atoms with Crippen molar-refractivity contribution in [1.82, 2.24) is 4.90 Å². The zero-order valence-electron chi connectivity index (χ0n) is 12.6. The van der Waals surface area contributed by atoms with E-state index >= 15 is 0 Å². The third-order valence-corrected chi connectivity index (χ3v) is 3.26. The number of carbonyl (C=O) groups is 3. The summed E-state index contributed by atoms with van der Waals surface area (Å²) < 4.78 is 5.33. The molecular formula is C15H19N3O4. The summed E-state index contributed by atoms with van der Waals surface area (Å²) in [7, 11) is 1.69. The molecule has 1 atom stereocenters. The van der Waals surface area contributed by atoms with Crippen molar-refractivity contribution in [2.24, 2.45) is 0 Å². The lowest BCUT2D eigenvalue weighted by Crippen LogP contribution is -2.46. The van der Waals surface area contributed by atoms with Crippen LogP contribution in [0.1, 0.15) is 13.3 Å². The van der Waals surface area contributed by atoms with Gasteiger partial charge in [-0.2, -0.15) is 0 Å². The molecule has 1 aromatic rings. The SMILES string of the molecule is CC(=O)Nc1ccc(NC(=O)CC2OCCN(C)C2=O)cc1. The van der Waals surface area contributed by atoms with Gasteiger partial charge in [0.2, 0.25) is 11.8 Å². The first-order chi connectivity index (χ1) is 10.5. The fourth-order valence-corrected chi connectivity index (χ4v) is 2.13. The summed E-state index contributed by atoms with van der Waals surface area (Å²) in [6, 6.07) is 6.73. The third kappa shape index (κ3) is 4.29. The zero-order chi connectivity index (χ0) is 16.1. The van der Waals surface area contributed by atoms with Crippen molar-refractivity contribution in [3.05, 3.63) is 24.3 Å². The molecule has 7 nitrogen and oxygen atoms in total. The summed E-state index contributed by atoms with van der Waals surface area (Å²) in [5, 5.41) is 5.34. The van der Waals surface area contributed by atoms with Crippen LogP contribution in [0.3, 0.4) is 0 Å². The monoisotopic (exact) mass is 305 g/mol. The maximum absolute atomic E-state index is 12.0. The number of nitrogens with zero attached hydrogens (tertiary/aromatic N) is 1. The van der Waals surface area contributed by atoms with Crippen LogP contribution in [0.5, 0.6) is 0 Å². The maximum atomic E-state index is 12.0. The molecule has 1 fully saturated rings. The standard InChI is InChI=1S/C15H19N3O4/c1-10(19)16-11-3-5-12(6-4-11)17-14(20)9-13-15(21)18(2)7-8-22-13/h3-6,13H,7-9H2,1-2H3,(H,16,19)(H,17,20). The number of benzene rings is 1. The van der Waals surface area contributed by atoms with E-state index < -0.39 is 6.10 Å². The van der Waals surface area contributed by atoms with Gasteiger partial charge in [-0.15, -0.1) is 0 Å². The molecule has 1 heterocycles. The van der Waals surface area contributed by atoms with E-state index in [9.17, 15) is 14.4 Å². The molecule has 0 aliphatic carbocycles. The van der Waals surface area contributed by atoms with Crippen molar-refractivity contribution in [2.45, 2.75) is 19.4 Å². The molecule has 0 saturated carbocycles. The van der Waals surface area contributed by atoms with Gasteiger partial charge in [0, 0.05) is 31.9 Å². The van der Waals surface area contributed by atoms with Gasteiger partial charge in [-0.1, -0.05) is 0 Å². The van der Waals surface area contributed by atoms with Crippen LogP contribution in [-0.4, -0.2) is 48.9 Å². The average molecular weight is 305 g/mol. The highest BCUT2D eigenvalue weighted by Crippen LogP contribution is 2.15. The summed E-state index contributed by atoms with van der Waals surface area (Å²) >= 11 is 0. The lowest BCUT2D eigenvalue weighted by atomic mass is 10.2. The lowest BCUT2D eigenvalue weighted by molar-refractivity contribution is -0.153. The molecule has 0 radical (unpaired) electrons. The molecule has 0 bridgehead atoms. The molecule has 1 aliphatic heterocycles. The molecule has 7 heteroatoms. The van der Waals surface area contributed by atoms with Crippen LogP contribution in [0.4, 0.5) is 11.4 Å². The molecule has 1 saturated heterocycles. The topological polar surface area (TPSA) is 87.7 Å². The highest BCUT2D eigenvalue weighted by Gasteiger charge is 2.29. The van der Waals surface area contributed by atoms with Crippen LogP contribution in [0, 0.1) is 0 Å². The van der Waals surface area contributed by atoms with Gasteiger partial charge in [0.1, 0.15) is 6.10 Å². The molecule has 1 unspecified atom stereocenters. The van der Waals surface area contributed by atoms with Crippen LogP contribution >= 0.6 is 0 Å². The quantitative estimate of drug-likeness (QED) is 0.862. The molecule has 22 heavy (non-hydrogen) atoms. The summed E-state index contributed by atoms with van der Waals surface area (Å²) in [5.41, 5.74) is 1.24. The Morgan fingerprint density at radius 1 is 1.23 bits per heavy atom.